The highest BCUT2D eigenvalue weighted by Gasteiger charge is 2.42. The van der Waals surface area contributed by atoms with E-state index in [1.54, 1.807) is 0 Å². The van der Waals surface area contributed by atoms with Gasteiger partial charge < -0.3 is 16.2 Å². The van der Waals surface area contributed by atoms with Crippen molar-refractivity contribution < 1.29 is 9.90 Å². The molecule has 4 unspecified atom stereocenters. The van der Waals surface area contributed by atoms with E-state index >= 15 is 0 Å². The molecule has 1 heterocycles. The molecule has 5 nitrogen and oxygen atoms in total. The van der Waals surface area contributed by atoms with Gasteiger partial charge in [0, 0.05) is 6.04 Å². The van der Waals surface area contributed by atoms with Crippen molar-refractivity contribution in [3.05, 3.63) is 17.8 Å². The lowest BCUT2D eigenvalue weighted by Crippen LogP contribution is -2.31. The number of nitrogens with two attached hydrogens (primary N) is 1. The Labute approximate surface area is 118 Å². The van der Waals surface area contributed by atoms with E-state index in [4.69, 9.17) is 5.73 Å². The first-order chi connectivity index (χ1) is 9.54. The molecule has 0 saturated heterocycles. The third-order valence-corrected chi connectivity index (χ3v) is 4.94. The van der Waals surface area contributed by atoms with E-state index in [1.165, 1.54) is 37.9 Å². The maximum Gasteiger partial charge on any atom is 0.339 e. The molecule has 2 aliphatic carbocycles. The number of anilines is 2. The van der Waals surface area contributed by atoms with Crippen LogP contribution in [0.3, 0.4) is 0 Å². The molecule has 0 spiro atoms. The number of carboxylic acids is 1. The van der Waals surface area contributed by atoms with Crippen LogP contribution in [0.2, 0.25) is 0 Å². The molecular formula is C15H21N3O2. The average Bonchev–Trinajstić information content (AvgIpc) is 3.03. The lowest BCUT2D eigenvalue weighted by atomic mass is 9.84. The zero-order valence-electron chi connectivity index (χ0n) is 11.7. The van der Waals surface area contributed by atoms with Crippen molar-refractivity contribution in [1.82, 2.24) is 4.98 Å². The molecule has 2 fully saturated rings. The first-order valence-corrected chi connectivity index (χ1v) is 7.30. The van der Waals surface area contributed by atoms with E-state index in [2.05, 4.69) is 17.2 Å². The number of nitrogens with zero attached hydrogens (tertiary/aromatic N) is 1. The summed E-state index contributed by atoms with van der Waals surface area (Å²) in [5, 5.41) is 12.5. The molecule has 0 amide bonds. The summed E-state index contributed by atoms with van der Waals surface area (Å²) < 4.78 is 0. The minimum absolute atomic E-state index is 0.153. The van der Waals surface area contributed by atoms with Crippen LogP contribution in [0.1, 0.15) is 43.0 Å². The zero-order chi connectivity index (χ0) is 14.3. The van der Waals surface area contributed by atoms with Gasteiger partial charge in [0.15, 0.2) is 0 Å². The van der Waals surface area contributed by atoms with Gasteiger partial charge in [0.05, 0.1) is 11.9 Å². The van der Waals surface area contributed by atoms with Crippen LogP contribution < -0.4 is 11.1 Å². The molecule has 4 N–H and O–H groups in total. The average molecular weight is 275 g/mol. The third-order valence-electron chi connectivity index (χ3n) is 4.94. The highest BCUT2D eigenvalue weighted by atomic mass is 16.4. The predicted octanol–water partition coefficient (Wildman–Crippen LogP) is 2.60. The molecule has 1 aromatic rings. The molecular weight excluding hydrogens is 254 g/mol. The van der Waals surface area contributed by atoms with Gasteiger partial charge in [-0.3, -0.25) is 0 Å². The maximum absolute atomic E-state index is 11.3. The number of aromatic nitrogens is 1. The summed E-state index contributed by atoms with van der Waals surface area (Å²) in [6.07, 6.45) is 6.80. The fourth-order valence-electron chi connectivity index (χ4n) is 3.99. The number of carboxylic acid groups (broad SMARTS) is 1. The number of pyridine rings is 1. The monoisotopic (exact) mass is 275 g/mol. The molecule has 3 rings (SSSR count). The van der Waals surface area contributed by atoms with Crippen molar-refractivity contribution in [1.29, 1.82) is 0 Å². The standard InChI is InChI=1S/C15H21N3O2/c1-8(12-5-9-2-3-10(12)4-9)18-14-13(15(19)20)6-11(16)7-17-14/h6-10,12H,2-5,16H2,1H3,(H,17,18)(H,19,20). The Morgan fingerprint density at radius 3 is 2.90 bits per heavy atom. The van der Waals surface area contributed by atoms with Gasteiger partial charge in [-0.2, -0.15) is 0 Å². The summed E-state index contributed by atoms with van der Waals surface area (Å²) in [6, 6.07) is 1.71. The summed E-state index contributed by atoms with van der Waals surface area (Å²) in [5.41, 5.74) is 6.14. The molecule has 108 valence electrons. The summed E-state index contributed by atoms with van der Waals surface area (Å²) in [4.78, 5) is 15.4. The van der Waals surface area contributed by atoms with Crippen LogP contribution in [-0.2, 0) is 0 Å². The van der Waals surface area contributed by atoms with Crippen LogP contribution in [0.15, 0.2) is 12.3 Å². The number of carbonyl (C=O) groups is 1. The largest absolute Gasteiger partial charge is 0.478 e. The van der Waals surface area contributed by atoms with Crippen LogP contribution in [0.25, 0.3) is 0 Å². The topological polar surface area (TPSA) is 88.2 Å². The summed E-state index contributed by atoms with van der Waals surface area (Å²) in [5.74, 6) is 1.75. The van der Waals surface area contributed by atoms with E-state index < -0.39 is 5.97 Å². The number of rotatable bonds is 4. The number of hydrogen-bond acceptors (Lipinski definition) is 4. The van der Waals surface area contributed by atoms with Crippen LogP contribution in [-0.4, -0.2) is 22.1 Å². The van der Waals surface area contributed by atoms with Crippen molar-refractivity contribution in [3.63, 3.8) is 0 Å². The van der Waals surface area contributed by atoms with E-state index in [1.807, 2.05) is 0 Å². The maximum atomic E-state index is 11.3. The third kappa shape index (κ3) is 2.32. The van der Waals surface area contributed by atoms with Crippen molar-refractivity contribution in [3.8, 4) is 0 Å². The van der Waals surface area contributed by atoms with Crippen molar-refractivity contribution in [2.75, 3.05) is 11.1 Å². The lowest BCUT2D eigenvalue weighted by Gasteiger charge is -2.29. The number of nitrogens with one attached hydrogen (secondary N) is 1. The van der Waals surface area contributed by atoms with Crippen LogP contribution >= 0.6 is 0 Å². The Kier molecular flexibility index (Phi) is 3.28. The predicted molar refractivity (Wildman–Crippen MR) is 77.6 cm³/mol. The Morgan fingerprint density at radius 1 is 1.50 bits per heavy atom. The second kappa shape index (κ2) is 4.96. The fraction of sp³-hybridized carbons (Fsp3) is 0.600. The molecule has 5 heteroatoms. The molecule has 0 aliphatic heterocycles. The Morgan fingerprint density at radius 2 is 2.30 bits per heavy atom. The highest BCUT2D eigenvalue weighted by molar-refractivity contribution is 5.94. The van der Waals surface area contributed by atoms with Gasteiger partial charge in [-0.15, -0.1) is 0 Å². The van der Waals surface area contributed by atoms with Gasteiger partial charge in [0.25, 0.3) is 0 Å². The molecule has 0 aromatic carbocycles. The van der Waals surface area contributed by atoms with Gasteiger partial charge >= 0.3 is 5.97 Å². The lowest BCUT2D eigenvalue weighted by molar-refractivity contribution is 0.0697. The Balaban J connectivity index is 1.76. The van der Waals surface area contributed by atoms with E-state index in [0.29, 0.717) is 17.4 Å². The smallest absolute Gasteiger partial charge is 0.339 e. The number of hydrogen-bond donors (Lipinski definition) is 3. The number of fused-ring (bicyclic) bond motifs is 2. The molecule has 1 aromatic heterocycles. The Hall–Kier alpha value is -1.78. The second-order valence-corrected chi connectivity index (χ2v) is 6.24. The van der Waals surface area contributed by atoms with E-state index in [0.717, 1.165) is 11.8 Å². The minimum atomic E-state index is -0.993. The van der Waals surface area contributed by atoms with Gasteiger partial charge in [0.1, 0.15) is 11.4 Å². The van der Waals surface area contributed by atoms with Crippen molar-refractivity contribution >= 4 is 17.5 Å². The Bertz CT molecular complexity index is 532. The summed E-state index contributed by atoms with van der Waals surface area (Å²) in [7, 11) is 0. The highest BCUT2D eigenvalue weighted by Crippen LogP contribution is 2.49. The first-order valence-electron chi connectivity index (χ1n) is 7.30. The fourth-order valence-corrected chi connectivity index (χ4v) is 3.99. The van der Waals surface area contributed by atoms with Crippen LogP contribution in [0.5, 0.6) is 0 Å². The summed E-state index contributed by atoms with van der Waals surface area (Å²) >= 11 is 0. The van der Waals surface area contributed by atoms with Crippen LogP contribution in [0, 0.1) is 17.8 Å². The normalized spacial score (nSPS) is 29.4. The van der Waals surface area contributed by atoms with Crippen molar-refractivity contribution in [2.24, 2.45) is 17.8 Å². The van der Waals surface area contributed by atoms with Gasteiger partial charge in [-0.1, -0.05) is 6.42 Å². The van der Waals surface area contributed by atoms with Gasteiger partial charge in [-0.25, -0.2) is 9.78 Å². The minimum Gasteiger partial charge on any atom is -0.478 e. The van der Waals surface area contributed by atoms with Crippen LogP contribution in [0.4, 0.5) is 11.5 Å². The van der Waals surface area contributed by atoms with E-state index in [9.17, 15) is 9.90 Å². The van der Waals surface area contributed by atoms with Gasteiger partial charge in [-0.05, 0) is 50.0 Å². The number of aromatic carboxylic acids is 1. The van der Waals surface area contributed by atoms with Gasteiger partial charge in [0.2, 0.25) is 0 Å². The SMILES string of the molecule is CC(Nc1ncc(N)cc1C(=O)O)C1CC2CCC1C2. The zero-order valence-corrected chi connectivity index (χ0v) is 11.7. The molecule has 2 saturated carbocycles. The number of nitrogen functional groups attached to an aromatic ring is 1. The van der Waals surface area contributed by atoms with Crippen molar-refractivity contribution in [2.45, 2.75) is 38.6 Å². The van der Waals surface area contributed by atoms with E-state index in [-0.39, 0.29) is 11.6 Å². The quantitative estimate of drug-likeness (QED) is 0.786. The molecule has 2 bridgehead atoms. The molecule has 0 radical (unpaired) electrons. The first kappa shape index (κ1) is 13.2. The second-order valence-electron chi connectivity index (χ2n) is 6.24. The molecule has 4 atom stereocenters. The summed E-state index contributed by atoms with van der Waals surface area (Å²) in [6.45, 7) is 2.13. The molecule has 2 aliphatic rings. The molecule has 20 heavy (non-hydrogen) atoms.